The van der Waals surface area contributed by atoms with E-state index in [2.05, 4.69) is 36.1 Å². The van der Waals surface area contributed by atoms with Crippen molar-refractivity contribution in [1.29, 1.82) is 0 Å². The Hall–Kier alpha value is -0.610. The highest BCUT2D eigenvalue weighted by molar-refractivity contribution is 5.85. The van der Waals surface area contributed by atoms with Crippen molar-refractivity contribution in [2.75, 3.05) is 32.8 Å². The molecular formula is C17H28ClNO2. The molecule has 0 aromatic heterocycles. The molecule has 4 heteroatoms. The summed E-state index contributed by atoms with van der Waals surface area (Å²) in [4.78, 5) is 2.35. The molecule has 1 aliphatic rings. The lowest BCUT2D eigenvalue weighted by atomic mass is 10.0. The van der Waals surface area contributed by atoms with Crippen LogP contribution in [0.25, 0.3) is 0 Å². The standard InChI is InChI=1S/C17H27NO2.ClH/c1-15(16-8-4-2-5-9-16)13-20-14-17(19)12-18-10-6-3-7-11-18;/h2,4-5,8-9,15,17,19H,3,6-7,10-14H2,1H3;1H. The number of nitrogens with zero attached hydrogens (tertiary/aromatic N) is 1. The number of ether oxygens (including phenoxy) is 1. The van der Waals surface area contributed by atoms with E-state index < -0.39 is 0 Å². The second kappa shape index (κ2) is 10.2. The van der Waals surface area contributed by atoms with Gasteiger partial charge in [-0.25, -0.2) is 0 Å². The van der Waals surface area contributed by atoms with Gasteiger partial charge in [-0.15, -0.1) is 12.4 Å². The summed E-state index contributed by atoms with van der Waals surface area (Å²) in [5, 5.41) is 10.0. The summed E-state index contributed by atoms with van der Waals surface area (Å²) in [5.74, 6) is 0.374. The van der Waals surface area contributed by atoms with Gasteiger partial charge in [-0.05, 0) is 31.5 Å². The number of aliphatic hydroxyl groups is 1. The topological polar surface area (TPSA) is 32.7 Å². The van der Waals surface area contributed by atoms with Crippen LogP contribution >= 0.6 is 12.4 Å². The normalized spacial score (nSPS) is 18.8. The van der Waals surface area contributed by atoms with E-state index in [0.717, 1.165) is 19.6 Å². The van der Waals surface area contributed by atoms with Crippen LogP contribution in [0.2, 0.25) is 0 Å². The van der Waals surface area contributed by atoms with Crippen LogP contribution < -0.4 is 0 Å². The number of β-amino-alcohol motifs (C(OH)–C–C–N with tert-alkyl or cyclic N) is 1. The smallest absolute Gasteiger partial charge is 0.0900 e. The number of hydrogen-bond acceptors (Lipinski definition) is 3. The van der Waals surface area contributed by atoms with Crippen LogP contribution in [0.1, 0.15) is 37.7 Å². The van der Waals surface area contributed by atoms with Gasteiger partial charge in [-0.2, -0.15) is 0 Å². The average Bonchev–Trinajstić information content (AvgIpc) is 2.49. The van der Waals surface area contributed by atoms with Gasteiger partial charge >= 0.3 is 0 Å². The molecule has 1 heterocycles. The number of hydrogen-bond donors (Lipinski definition) is 1. The van der Waals surface area contributed by atoms with Gasteiger partial charge in [0, 0.05) is 12.5 Å². The number of benzene rings is 1. The SMILES string of the molecule is CC(COCC(O)CN1CCCCC1)c1ccccc1.Cl. The van der Waals surface area contributed by atoms with Gasteiger partial charge in [0.25, 0.3) is 0 Å². The average molecular weight is 314 g/mol. The van der Waals surface area contributed by atoms with E-state index >= 15 is 0 Å². The highest BCUT2D eigenvalue weighted by Gasteiger charge is 2.15. The Balaban J connectivity index is 0.00000220. The van der Waals surface area contributed by atoms with Crippen molar-refractivity contribution >= 4 is 12.4 Å². The molecule has 0 spiro atoms. The molecule has 1 aromatic rings. The van der Waals surface area contributed by atoms with E-state index in [0.29, 0.717) is 19.1 Å². The molecule has 1 saturated heterocycles. The minimum Gasteiger partial charge on any atom is -0.389 e. The fraction of sp³-hybridized carbons (Fsp3) is 0.647. The fourth-order valence-electron chi connectivity index (χ4n) is 2.75. The minimum absolute atomic E-state index is 0. The maximum absolute atomic E-state index is 10.0. The summed E-state index contributed by atoms with van der Waals surface area (Å²) in [6.07, 6.45) is 3.49. The van der Waals surface area contributed by atoms with Crippen LogP contribution in [0.3, 0.4) is 0 Å². The van der Waals surface area contributed by atoms with E-state index in [9.17, 15) is 5.11 Å². The summed E-state index contributed by atoms with van der Waals surface area (Å²) in [6.45, 7) is 6.26. The third kappa shape index (κ3) is 6.79. The van der Waals surface area contributed by atoms with Crippen molar-refractivity contribution in [3.8, 4) is 0 Å². The molecule has 1 aromatic carbocycles. The van der Waals surface area contributed by atoms with E-state index in [4.69, 9.17) is 4.74 Å². The molecule has 1 N–H and O–H groups in total. The summed E-state index contributed by atoms with van der Waals surface area (Å²) in [7, 11) is 0. The highest BCUT2D eigenvalue weighted by atomic mass is 35.5. The van der Waals surface area contributed by atoms with Gasteiger partial charge in [-0.3, -0.25) is 0 Å². The van der Waals surface area contributed by atoms with Gasteiger partial charge in [0.2, 0.25) is 0 Å². The van der Waals surface area contributed by atoms with Crippen LogP contribution in [0.4, 0.5) is 0 Å². The molecular weight excluding hydrogens is 286 g/mol. The predicted octanol–water partition coefficient (Wildman–Crippen LogP) is 3.08. The Bertz CT molecular complexity index is 368. The lowest BCUT2D eigenvalue weighted by Crippen LogP contribution is -2.38. The predicted molar refractivity (Wildman–Crippen MR) is 89.2 cm³/mol. The molecule has 0 bridgehead atoms. The van der Waals surface area contributed by atoms with Gasteiger partial charge in [0.15, 0.2) is 0 Å². The number of aliphatic hydroxyl groups excluding tert-OH is 1. The Kier molecular flexibility index (Phi) is 8.93. The summed E-state index contributed by atoms with van der Waals surface area (Å²) in [6, 6.07) is 10.4. The largest absolute Gasteiger partial charge is 0.389 e. The first-order valence-electron chi connectivity index (χ1n) is 7.79. The molecule has 0 saturated carbocycles. The number of halogens is 1. The first kappa shape index (κ1) is 18.4. The number of rotatable bonds is 7. The molecule has 120 valence electrons. The van der Waals surface area contributed by atoms with Gasteiger partial charge in [0.1, 0.15) is 0 Å². The van der Waals surface area contributed by atoms with Crippen molar-refractivity contribution < 1.29 is 9.84 Å². The number of piperidine rings is 1. The van der Waals surface area contributed by atoms with Crippen molar-refractivity contribution in [2.24, 2.45) is 0 Å². The first-order valence-corrected chi connectivity index (χ1v) is 7.79. The van der Waals surface area contributed by atoms with E-state index in [1.807, 2.05) is 6.07 Å². The third-order valence-corrected chi connectivity index (χ3v) is 3.96. The quantitative estimate of drug-likeness (QED) is 0.839. The lowest BCUT2D eigenvalue weighted by Gasteiger charge is -2.28. The van der Waals surface area contributed by atoms with Gasteiger partial charge in [0.05, 0.1) is 19.3 Å². The second-order valence-electron chi connectivity index (χ2n) is 5.86. The van der Waals surface area contributed by atoms with E-state index in [1.165, 1.54) is 24.8 Å². The summed E-state index contributed by atoms with van der Waals surface area (Å²) >= 11 is 0. The maximum atomic E-state index is 10.0. The molecule has 0 radical (unpaired) electrons. The monoisotopic (exact) mass is 313 g/mol. The van der Waals surface area contributed by atoms with E-state index in [-0.39, 0.29) is 18.5 Å². The Labute approximate surface area is 134 Å². The zero-order chi connectivity index (χ0) is 14.2. The van der Waals surface area contributed by atoms with Crippen LogP contribution in [0.5, 0.6) is 0 Å². The summed E-state index contributed by atoms with van der Waals surface area (Å²) in [5.41, 5.74) is 1.29. The van der Waals surface area contributed by atoms with Crippen LogP contribution in [-0.2, 0) is 4.74 Å². The molecule has 2 atom stereocenters. The zero-order valence-electron chi connectivity index (χ0n) is 12.9. The summed E-state index contributed by atoms with van der Waals surface area (Å²) < 4.78 is 5.68. The lowest BCUT2D eigenvalue weighted by molar-refractivity contribution is 0.0102. The maximum Gasteiger partial charge on any atom is 0.0900 e. The molecule has 1 aliphatic heterocycles. The molecule has 0 aliphatic carbocycles. The van der Waals surface area contributed by atoms with Crippen LogP contribution in [-0.4, -0.2) is 49.0 Å². The Morgan fingerprint density at radius 1 is 1.10 bits per heavy atom. The highest BCUT2D eigenvalue weighted by Crippen LogP contribution is 2.15. The van der Waals surface area contributed by atoms with E-state index in [1.54, 1.807) is 0 Å². The zero-order valence-corrected chi connectivity index (χ0v) is 13.7. The number of likely N-dealkylation sites (tertiary alicyclic amines) is 1. The fourth-order valence-corrected chi connectivity index (χ4v) is 2.75. The van der Waals surface area contributed by atoms with Crippen molar-refractivity contribution in [1.82, 2.24) is 4.90 Å². The molecule has 0 amide bonds. The Morgan fingerprint density at radius 3 is 2.43 bits per heavy atom. The van der Waals surface area contributed by atoms with Crippen molar-refractivity contribution in [3.05, 3.63) is 35.9 Å². The molecule has 1 fully saturated rings. The van der Waals surface area contributed by atoms with Crippen LogP contribution in [0.15, 0.2) is 30.3 Å². The van der Waals surface area contributed by atoms with Gasteiger partial charge in [-0.1, -0.05) is 43.7 Å². The molecule has 3 nitrogen and oxygen atoms in total. The molecule has 2 unspecified atom stereocenters. The van der Waals surface area contributed by atoms with Crippen molar-refractivity contribution in [3.63, 3.8) is 0 Å². The van der Waals surface area contributed by atoms with Crippen LogP contribution in [0, 0.1) is 0 Å². The minimum atomic E-state index is -0.365. The molecule has 2 rings (SSSR count). The van der Waals surface area contributed by atoms with Gasteiger partial charge < -0.3 is 14.7 Å². The first-order chi connectivity index (χ1) is 9.75. The Morgan fingerprint density at radius 2 is 1.76 bits per heavy atom. The molecule has 21 heavy (non-hydrogen) atoms. The second-order valence-corrected chi connectivity index (χ2v) is 5.86. The third-order valence-electron chi connectivity index (χ3n) is 3.96. The van der Waals surface area contributed by atoms with Crippen molar-refractivity contribution in [2.45, 2.75) is 38.2 Å².